The van der Waals surface area contributed by atoms with Crippen molar-refractivity contribution in [2.45, 2.75) is 81.9 Å². The SMILES string of the molecule is C[C@@H]1[C@@H](C)CCCC(C=O)[C@@H]2CC[C@H]2CN2C[C@@]3(CCCc4cc(Cl)ccc43)COc3ccc(cc32)C(=O)NS1(=O)=O.OCC(CO)N1CC(CCl)(CCl)C1. The Morgan fingerprint density at radius 2 is 1.75 bits per heavy atom. The van der Waals surface area contributed by atoms with Gasteiger partial charge in [-0.3, -0.25) is 9.69 Å². The van der Waals surface area contributed by atoms with Gasteiger partial charge in [-0.2, -0.15) is 0 Å². The van der Waals surface area contributed by atoms with Gasteiger partial charge in [-0.15, -0.1) is 23.2 Å². The number of amides is 1. The summed E-state index contributed by atoms with van der Waals surface area (Å²) in [7, 11) is -3.89. The van der Waals surface area contributed by atoms with E-state index in [4.69, 9.17) is 49.8 Å². The number of hydrogen-bond acceptors (Lipinski definition) is 9. The normalized spacial score (nSPS) is 30.2. The average Bonchev–Trinajstić information content (AvgIpc) is 3.30. The van der Waals surface area contributed by atoms with Crippen LogP contribution in [0.1, 0.15) is 80.3 Å². The van der Waals surface area contributed by atoms with E-state index in [9.17, 15) is 18.0 Å². The number of aliphatic hydroxyl groups excluding tert-OH is 2. The second-order valence-electron chi connectivity index (χ2n) is 16.9. The Morgan fingerprint density at radius 1 is 1.00 bits per heavy atom. The number of likely N-dealkylation sites (tertiary alicyclic amines) is 1. The summed E-state index contributed by atoms with van der Waals surface area (Å²) >= 11 is 18.0. The molecule has 1 spiro atoms. The Hall–Kier alpha value is -2.12. The van der Waals surface area contributed by atoms with Gasteiger partial charge < -0.3 is 24.6 Å². The van der Waals surface area contributed by atoms with Gasteiger partial charge in [0.25, 0.3) is 5.91 Å². The predicted octanol–water partition coefficient (Wildman–Crippen LogP) is 6.04. The highest BCUT2D eigenvalue weighted by Gasteiger charge is 2.46. The predicted molar refractivity (Wildman–Crippen MR) is 218 cm³/mol. The lowest BCUT2D eigenvalue weighted by molar-refractivity contribution is -0.115. The van der Waals surface area contributed by atoms with Gasteiger partial charge in [0.1, 0.15) is 12.0 Å². The van der Waals surface area contributed by atoms with Crippen molar-refractivity contribution in [3.63, 3.8) is 0 Å². The number of nitrogens with one attached hydrogen (secondary N) is 1. The van der Waals surface area contributed by atoms with Crippen LogP contribution in [0.3, 0.4) is 0 Å². The van der Waals surface area contributed by atoms with E-state index in [0.717, 1.165) is 81.6 Å². The van der Waals surface area contributed by atoms with Gasteiger partial charge in [0.2, 0.25) is 10.0 Å². The van der Waals surface area contributed by atoms with Crippen LogP contribution in [-0.2, 0) is 26.7 Å². The second kappa shape index (κ2) is 17.8. The third-order valence-electron chi connectivity index (χ3n) is 13.3. The number of anilines is 1. The highest BCUT2D eigenvalue weighted by atomic mass is 35.5. The summed E-state index contributed by atoms with van der Waals surface area (Å²) in [5, 5.41) is 17.8. The van der Waals surface area contributed by atoms with E-state index in [1.54, 1.807) is 25.1 Å². The molecule has 7 rings (SSSR count). The van der Waals surface area contributed by atoms with Crippen molar-refractivity contribution < 1.29 is 33.0 Å². The maximum Gasteiger partial charge on any atom is 0.264 e. The fourth-order valence-electron chi connectivity index (χ4n) is 9.37. The number of nitrogens with zero attached hydrogens (tertiary/aromatic N) is 2. The lowest BCUT2D eigenvalue weighted by Gasteiger charge is -2.51. The molecule has 1 unspecified atom stereocenters. The summed E-state index contributed by atoms with van der Waals surface area (Å²) in [6.45, 7) is 7.04. The number of carbonyl (C=O) groups is 2. The molecule has 304 valence electrons. The fourth-order valence-corrected chi connectivity index (χ4v) is 11.5. The first kappa shape index (κ1) is 42.5. The second-order valence-corrected chi connectivity index (χ2v) is 19.9. The van der Waals surface area contributed by atoms with E-state index >= 15 is 0 Å². The number of aldehydes is 1. The van der Waals surface area contributed by atoms with Crippen LogP contribution in [0.15, 0.2) is 36.4 Å². The number of sulfonamides is 1. The molecular formula is C41H56Cl3N3O7S. The molecule has 0 radical (unpaired) electrons. The van der Waals surface area contributed by atoms with Crippen molar-refractivity contribution in [2.75, 3.05) is 62.7 Å². The molecule has 3 aliphatic heterocycles. The third kappa shape index (κ3) is 8.98. The Labute approximate surface area is 341 Å². The molecule has 0 aromatic heterocycles. The molecule has 55 heavy (non-hydrogen) atoms. The third-order valence-corrected chi connectivity index (χ3v) is 16.5. The number of fused-ring (bicyclic) bond motifs is 4. The van der Waals surface area contributed by atoms with Crippen LogP contribution in [0.2, 0.25) is 5.02 Å². The lowest BCUT2D eigenvalue weighted by atomic mass is 9.65. The molecule has 5 aliphatic rings. The van der Waals surface area contributed by atoms with Gasteiger partial charge in [-0.05, 0) is 111 Å². The molecule has 10 nitrogen and oxygen atoms in total. The Balaban J connectivity index is 0.000000336. The summed E-state index contributed by atoms with van der Waals surface area (Å²) in [4.78, 5) is 30.0. The number of halogens is 3. The van der Waals surface area contributed by atoms with Crippen LogP contribution in [0, 0.1) is 29.1 Å². The fraction of sp³-hybridized carbons (Fsp3) is 0.659. The highest BCUT2D eigenvalue weighted by molar-refractivity contribution is 7.90. The standard InChI is InChI=1S/C33H41ClN2O5S.C8H15Cl2NO2/c1-21-5-3-6-26(18-37)28-11-8-25(28)17-36-19-33(14-4-7-23-15-27(34)10-12-29(23)33)20-41-31-13-9-24(16-30(31)36)32(38)35-42(39,40)22(21)2;9-3-8(4-10)5-11(6-8)7(1-12)2-13/h9-10,12-13,15-16,18,21-22,25-26,28H,3-8,11,14,17,19-20H2,1-2H3,(H,35,38);7,12-13H,1-6H2/t21-,22+,25-,26?,28+,33-;/m0./s1. The number of aliphatic hydroxyl groups is 2. The molecule has 1 saturated heterocycles. The molecule has 2 aromatic rings. The van der Waals surface area contributed by atoms with E-state index in [0.29, 0.717) is 54.5 Å². The molecule has 14 heteroatoms. The van der Waals surface area contributed by atoms with Gasteiger partial charge in [-0.1, -0.05) is 31.0 Å². The molecule has 2 aromatic carbocycles. The van der Waals surface area contributed by atoms with Crippen molar-refractivity contribution in [1.29, 1.82) is 0 Å². The van der Waals surface area contributed by atoms with Crippen LogP contribution in [0.25, 0.3) is 0 Å². The lowest BCUT2D eigenvalue weighted by Crippen LogP contribution is -2.63. The number of aryl methyl sites for hydroxylation is 1. The van der Waals surface area contributed by atoms with Crippen LogP contribution < -0.4 is 14.4 Å². The molecule has 6 atom stereocenters. The maximum atomic E-state index is 13.3. The van der Waals surface area contributed by atoms with Crippen molar-refractivity contribution in [1.82, 2.24) is 9.62 Å². The van der Waals surface area contributed by atoms with Crippen LogP contribution in [-0.4, -0.2) is 105 Å². The van der Waals surface area contributed by atoms with E-state index in [1.165, 1.54) is 11.1 Å². The first-order valence-electron chi connectivity index (χ1n) is 19.7. The highest BCUT2D eigenvalue weighted by Crippen LogP contribution is 2.48. The summed E-state index contributed by atoms with van der Waals surface area (Å²) in [5.74, 6) is 1.64. The zero-order valence-corrected chi connectivity index (χ0v) is 35.0. The van der Waals surface area contributed by atoms with Crippen molar-refractivity contribution >= 4 is 62.7 Å². The first-order valence-corrected chi connectivity index (χ1v) is 22.7. The maximum absolute atomic E-state index is 13.3. The summed E-state index contributed by atoms with van der Waals surface area (Å²) in [5.41, 5.74) is 3.36. The first-order chi connectivity index (χ1) is 26.3. The average molecular weight is 841 g/mol. The van der Waals surface area contributed by atoms with Crippen LogP contribution in [0.5, 0.6) is 5.75 Å². The van der Waals surface area contributed by atoms with Crippen molar-refractivity contribution in [2.24, 2.45) is 29.1 Å². The minimum atomic E-state index is -3.89. The zero-order valence-electron chi connectivity index (χ0n) is 31.9. The summed E-state index contributed by atoms with van der Waals surface area (Å²) in [6.07, 6.45) is 8.43. The number of hydrogen-bond donors (Lipinski definition) is 3. The number of alkyl halides is 2. The van der Waals surface area contributed by atoms with Crippen molar-refractivity contribution in [3.8, 4) is 5.75 Å². The molecule has 2 bridgehead atoms. The molecule has 3 N–H and O–H groups in total. The Bertz CT molecular complexity index is 1780. The molecule has 2 aliphatic carbocycles. The van der Waals surface area contributed by atoms with Gasteiger partial charge in [0, 0.05) is 65.3 Å². The van der Waals surface area contributed by atoms with E-state index < -0.39 is 21.2 Å². The number of rotatable bonds is 6. The van der Waals surface area contributed by atoms with E-state index in [1.807, 2.05) is 17.9 Å². The molecular weight excluding hydrogens is 785 g/mol. The minimum Gasteiger partial charge on any atom is -0.490 e. The van der Waals surface area contributed by atoms with Gasteiger partial charge >= 0.3 is 0 Å². The topological polar surface area (TPSA) is 136 Å². The number of carbonyl (C=O) groups excluding carboxylic acids is 2. The van der Waals surface area contributed by atoms with Gasteiger partial charge in [0.15, 0.2) is 0 Å². The monoisotopic (exact) mass is 839 g/mol. The quantitative estimate of drug-likeness (QED) is 0.235. The molecule has 2 fully saturated rings. The summed E-state index contributed by atoms with van der Waals surface area (Å²) < 4.78 is 35.3. The molecule has 1 saturated carbocycles. The number of ether oxygens (including phenoxy) is 1. The van der Waals surface area contributed by atoms with Gasteiger partial charge in [-0.25, -0.2) is 13.1 Å². The van der Waals surface area contributed by atoms with Gasteiger partial charge in [0.05, 0.1) is 36.8 Å². The minimum absolute atomic E-state index is 0.00823. The van der Waals surface area contributed by atoms with E-state index in [-0.39, 0.29) is 41.9 Å². The molecule has 1 amide bonds. The van der Waals surface area contributed by atoms with Crippen LogP contribution >= 0.6 is 34.8 Å². The Morgan fingerprint density at radius 3 is 2.40 bits per heavy atom. The van der Waals surface area contributed by atoms with E-state index in [2.05, 4.69) is 21.8 Å². The summed E-state index contributed by atoms with van der Waals surface area (Å²) in [6, 6.07) is 11.3. The molecule has 3 heterocycles. The van der Waals surface area contributed by atoms with Crippen LogP contribution in [0.4, 0.5) is 5.69 Å². The van der Waals surface area contributed by atoms with Crippen molar-refractivity contribution in [3.05, 3.63) is 58.1 Å². The largest absolute Gasteiger partial charge is 0.490 e. The smallest absolute Gasteiger partial charge is 0.264 e. The zero-order chi connectivity index (χ0) is 39.5. The number of benzene rings is 2. The Kier molecular flexibility index (Phi) is 13.7.